The van der Waals surface area contributed by atoms with Gasteiger partial charge in [-0.05, 0) is 74.6 Å². The lowest BCUT2D eigenvalue weighted by Crippen LogP contribution is -2.40. The molecule has 32 heavy (non-hydrogen) atoms. The number of nitrogens with zero attached hydrogens (tertiary/aromatic N) is 1. The zero-order chi connectivity index (χ0) is 22.9. The number of amides is 2. The van der Waals surface area contributed by atoms with Gasteiger partial charge in [0.25, 0.3) is 10.0 Å². The molecule has 2 aliphatic carbocycles. The molecule has 0 aromatic heterocycles. The molecule has 0 spiro atoms. The fourth-order valence-corrected chi connectivity index (χ4v) is 5.57. The summed E-state index contributed by atoms with van der Waals surface area (Å²) in [6.45, 7) is 4.19. The molecule has 10 heteroatoms. The summed E-state index contributed by atoms with van der Waals surface area (Å²) in [4.78, 5) is 16.5. The quantitative estimate of drug-likeness (QED) is 0.593. The van der Waals surface area contributed by atoms with Crippen molar-refractivity contribution in [2.24, 2.45) is 10.7 Å². The van der Waals surface area contributed by atoms with Crippen LogP contribution in [-0.4, -0.2) is 45.7 Å². The summed E-state index contributed by atoms with van der Waals surface area (Å²) in [5.41, 5.74) is 11.1. The highest BCUT2D eigenvalue weighted by Crippen LogP contribution is 2.38. The molecule has 4 N–H and O–H groups in total. The van der Waals surface area contributed by atoms with E-state index in [0.29, 0.717) is 0 Å². The first-order chi connectivity index (χ1) is 15.3. The van der Waals surface area contributed by atoms with Crippen LogP contribution < -0.4 is 15.8 Å². The van der Waals surface area contributed by atoms with Gasteiger partial charge in [-0.1, -0.05) is 6.07 Å². The molecule has 9 nitrogen and oxygen atoms in total. The first-order valence-corrected chi connectivity index (χ1v) is 12.5. The highest BCUT2D eigenvalue weighted by Gasteiger charge is 2.31. The third kappa shape index (κ3) is 4.61. The molecule has 2 amide bonds. The van der Waals surface area contributed by atoms with Gasteiger partial charge in [0.1, 0.15) is 12.7 Å². The largest absolute Gasteiger partial charge is 0.474 e. The molecule has 1 heterocycles. The Hall–Kier alpha value is -2.59. The van der Waals surface area contributed by atoms with E-state index in [1.54, 1.807) is 0 Å². The number of carbonyl (C=O) groups excluding carboxylic acids is 1. The topological polar surface area (TPSA) is 132 Å². The number of sulfonamides is 1. The summed E-state index contributed by atoms with van der Waals surface area (Å²) in [5, 5.41) is 2.81. The number of fused-ring (bicyclic) bond motifs is 2. The van der Waals surface area contributed by atoms with E-state index in [9.17, 15) is 13.2 Å². The van der Waals surface area contributed by atoms with E-state index in [-0.39, 0.29) is 36.2 Å². The predicted molar refractivity (Wildman–Crippen MR) is 122 cm³/mol. The minimum absolute atomic E-state index is 0.000139. The smallest absolute Gasteiger partial charge is 0.333 e. The van der Waals surface area contributed by atoms with Crippen LogP contribution in [0.1, 0.15) is 48.9 Å². The molecule has 1 unspecified atom stereocenters. The number of aryl methyl sites for hydroxylation is 2. The Morgan fingerprint density at radius 1 is 1.22 bits per heavy atom. The maximum atomic E-state index is 12.9. The summed E-state index contributed by atoms with van der Waals surface area (Å²) in [5.74, 6) is -0.127. The summed E-state index contributed by atoms with van der Waals surface area (Å²) in [6, 6.07) is 1.42. The number of carbonyl (C=O) groups is 1. The summed E-state index contributed by atoms with van der Waals surface area (Å²) >= 11 is 0. The molecule has 0 saturated heterocycles. The van der Waals surface area contributed by atoms with Crippen molar-refractivity contribution in [3.8, 4) is 0 Å². The zero-order valence-corrected chi connectivity index (χ0v) is 19.3. The lowest BCUT2D eigenvalue weighted by atomic mass is 9.99. The van der Waals surface area contributed by atoms with Crippen molar-refractivity contribution >= 4 is 27.6 Å². The number of nitrogens with one attached hydrogen (secondary N) is 2. The Labute approximate surface area is 188 Å². The Morgan fingerprint density at radius 2 is 1.88 bits per heavy atom. The molecule has 1 aromatic rings. The molecule has 3 aliphatic rings. The van der Waals surface area contributed by atoms with Crippen molar-refractivity contribution in [3.05, 3.63) is 39.4 Å². The number of hydrogen-bond acceptors (Lipinski definition) is 7. The first-order valence-electron chi connectivity index (χ1n) is 11.0. The fraction of sp³-hybridized carbons (Fsp3) is 0.545. The lowest BCUT2D eigenvalue weighted by molar-refractivity contribution is -0.0203. The Kier molecular flexibility index (Phi) is 6.43. The predicted octanol–water partition coefficient (Wildman–Crippen LogP) is 2.14. The number of aliphatic imine (C=N–C) groups is 1. The van der Waals surface area contributed by atoms with Gasteiger partial charge in [-0.25, -0.2) is 22.9 Å². The molecule has 1 aromatic carbocycles. The number of benzene rings is 1. The van der Waals surface area contributed by atoms with Crippen LogP contribution in [0.25, 0.3) is 0 Å². The standard InChI is InChI=1S/C22H30N4O5S/c1-13(2)31-16-11-24-21(30-12-16)19(10-23)32(28,29)26-22(27)25-20-17-7-3-5-14(17)9-15-6-4-8-18(15)20/h9-10,13,16H,3-8,11-12,23H2,1-2H3,(H2,25,26,27). The summed E-state index contributed by atoms with van der Waals surface area (Å²) < 4.78 is 38.9. The maximum absolute atomic E-state index is 12.9. The average molecular weight is 463 g/mol. The SMILES string of the molecule is CC(C)OC1CN=C(C(=CN)S(=O)(=O)NC(=O)Nc2c3c(cc4c2CCC4)CCC3)OC1. The molecule has 4 rings (SSSR count). The Balaban J connectivity index is 1.48. The molecule has 0 saturated carbocycles. The molecule has 0 radical (unpaired) electrons. The number of anilines is 1. The zero-order valence-electron chi connectivity index (χ0n) is 18.4. The van der Waals surface area contributed by atoms with E-state index in [0.717, 1.165) is 61.5 Å². The van der Waals surface area contributed by atoms with E-state index in [1.165, 1.54) is 11.1 Å². The van der Waals surface area contributed by atoms with Crippen molar-refractivity contribution in [2.75, 3.05) is 18.5 Å². The van der Waals surface area contributed by atoms with Crippen LogP contribution in [0, 0.1) is 0 Å². The summed E-state index contributed by atoms with van der Waals surface area (Å²) in [7, 11) is -4.28. The van der Waals surface area contributed by atoms with Crippen LogP contribution in [0.3, 0.4) is 0 Å². The average Bonchev–Trinajstić information content (AvgIpc) is 3.38. The molecule has 1 aliphatic heterocycles. The van der Waals surface area contributed by atoms with Crippen LogP contribution >= 0.6 is 0 Å². The van der Waals surface area contributed by atoms with Crippen LogP contribution in [0.15, 0.2) is 22.2 Å². The molecule has 174 valence electrons. The summed E-state index contributed by atoms with van der Waals surface area (Å²) in [6.07, 6.45) is 6.41. The second kappa shape index (κ2) is 9.11. The second-order valence-electron chi connectivity index (χ2n) is 8.59. The van der Waals surface area contributed by atoms with Crippen LogP contribution in [0.2, 0.25) is 0 Å². The third-order valence-corrected chi connectivity index (χ3v) is 7.24. The van der Waals surface area contributed by atoms with E-state index in [4.69, 9.17) is 15.2 Å². The minimum atomic E-state index is -4.28. The van der Waals surface area contributed by atoms with Crippen molar-refractivity contribution in [1.29, 1.82) is 0 Å². The van der Waals surface area contributed by atoms with Gasteiger partial charge in [0.05, 0.1) is 12.6 Å². The number of nitrogens with two attached hydrogens (primary N) is 1. The van der Waals surface area contributed by atoms with E-state index in [1.807, 2.05) is 13.8 Å². The van der Waals surface area contributed by atoms with E-state index < -0.39 is 16.1 Å². The number of urea groups is 1. The number of ether oxygens (including phenoxy) is 2. The minimum Gasteiger partial charge on any atom is -0.474 e. The normalized spacial score (nSPS) is 20.4. The van der Waals surface area contributed by atoms with Gasteiger partial charge in [0.2, 0.25) is 5.90 Å². The maximum Gasteiger partial charge on any atom is 0.333 e. The third-order valence-electron chi connectivity index (χ3n) is 5.90. The lowest BCUT2D eigenvalue weighted by Gasteiger charge is -2.24. The number of hydrogen-bond donors (Lipinski definition) is 3. The molecule has 1 atom stereocenters. The van der Waals surface area contributed by atoms with Crippen LogP contribution in [0.4, 0.5) is 10.5 Å². The van der Waals surface area contributed by atoms with Gasteiger partial charge in [0.15, 0.2) is 4.91 Å². The molecule has 0 bridgehead atoms. The van der Waals surface area contributed by atoms with Crippen molar-refractivity contribution in [1.82, 2.24) is 4.72 Å². The van der Waals surface area contributed by atoms with Gasteiger partial charge in [0, 0.05) is 11.9 Å². The van der Waals surface area contributed by atoms with Gasteiger partial charge in [-0.3, -0.25) is 0 Å². The Bertz CT molecular complexity index is 1050. The van der Waals surface area contributed by atoms with Crippen LogP contribution in [-0.2, 0) is 45.2 Å². The van der Waals surface area contributed by atoms with Crippen molar-refractivity contribution in [2.45, 2.75) is 64.6 Å². The number of rotatable bonds is 6. The van der Waals surface area contributed by atoms with Gasteiger partial charge < -0.3 is 20.5 Å². The van der Waals surface area contributed by atoms with Crippen LogP contribution in [0.5, 0.6) is 0 Å². The molecule has 0 fully saturated rings. The highest BCUT2D eigenvalue weighted by molar-refractivity contribution is 7.94. The molecular weight excluding hydrogens is 432 g/mol. The van der Waals surface area contributed by atoms with E-state index >= 15 is 0 Å². The van der Waals surface area contributed by atoms with E-state index in [2.05, 4.69) is 21.1 Å². The van der Waals surface area contributed by atoms with Gasteiger partial charge in [-0.15, -0.1) is 0 Å². The van der Waals surface area contributed by atoms with Crippen molar-refractivity contribution in [3.63, 3.8) is 0 Å². The Morgan fingerprint density at radius 3 is 2.41 bits per heavy atom. The highest BCUT2D eigenvalue weighted by atomic mass is 32.2. The monoisotopic (exact) mass is 462 g/mol. The first kappa shape index (κ1) is 22.6. The van der Waals surface area contributed by atoms with Crippen molar-refractivity contribution < 1.29 is 22.7 Å². The second-order valence-corrected chi connectivity index (χ2v) is 10.2. The van der Waals surface area contributed by atoms with Gasteiger partial charge in [-0.2, -0.15) is 0 Å². The fourth-order valence-electron chi connectivity index (χ4n) is 4.63. The van der Waals surface area contributed by atoms with Gasteiger partial charge >= 0.3 is 6.03 Å². The molecular formula is C22H30N4O5S.